The molecule has 3 rings (SSSR count). The highest BCUT2D eigenvalue weighted by Gasteiger charge is 2.19. The van der Waals surface area contributed by atoms with Crippen molar-refractivity contribution in [3.63, 3.8) is 0 Å². The first-order valence-electron chi connectivity index (χ1n) is 7.04. The lowest BCUT2D eigenvalue weighted by Gasteiger charge is -2.26. The molecule has 2 aromatic rings. The average molecular weight is 273 g/mol. The molecule has 1 saturated heterocycles. The fourth-order valence-electron chi connectivity index (χ4n) is 2.62. The first-order chi connectivity index (χ1) is 9.86. The van der Waals surface area contributed by atoms with Gasteiger partial charge >= 0.3 is 0 Å². The van der Waals surface area contributed by atoms with Crippen molar-refractivity contribution in [2.75, 3.05) is 31.1 Å². The molecule has 2 N–H and O–H groups in total. The summed E-state index contributed by atoms with van der Waals surface area (Å²) in [7, 11) is 0. The van der Waals surface area contributed by atoms with Gasteiger partial charge in [-0.25, -0.2) is 9.97 Å². The summed E-state index contributed by atoms with van der Waals surface area (Å²) in [5, 5.41) is 12.7. The topological polar surface area (TPSA) is 74.2 Å². The third-order valence-corrected chi connectivity index (χ3v) is 3.61. The van der Waals surface area contributed by atoms with Crippen molar-refractivity contribution in [1.82, 2.24) is 20.3 Å². The van der Waals surface area contributed by atoms with Crippen molar-refractivity contribution in [2.45, 2.75) is 18.9 Å². The molecule has 0 aromatic carbocycles. The van der Waals surface area contributed by atoms with Gasteiger partial charge in [-0.15, -0.1) is 0 Å². The Bertz CT molecular complexity index is 570. The summed E-state index contributed by atoms with van der Waals surface area (Å²) in [6, 6.07) is 4.35. The number of anilines is 1. The van der Waals surface area contributed by atoms with Crippen LogP contribution >= 0.6 is 0 Å². The van der Waals surface area contributed by atoms with Crippen molar-refractivity contribution in [2.24, 2.45) is 0 Å². The number of pyridine rings is 1. The van der Waals surface area contributed by atoms with E-state index in [2.05, 4.69) is 25.2 Å². The Labute approximate surface area is 117 Å². The standard InChI is InChI=1S/C14H19N5O/c20-9-8-19(10-11-2-1-5-15-11)13-4-3-12-14(18-13)17-7-6-16-12/h3-4,6-7,11,15,20H,1-2,5,8-10H2. The third kappa shape index (κ3) is 2.86. The van der Waals surface area contributed by atoms with E-state index in [0.717, 1.165) is 24.4 Å². The highest BCUT2D eigenvalue weighted by atomic mass is 16.3. The predicted octanol–water partition coefficient (Wildman–Crippen LogP) is 0.575. The van der Waals surface area contributed by atoms with Crippen LogP contribution in [0.1, 0.15) is 12.8 Å². The van der Waals surface area contributed by atoms with Crippen LogP contribution in [-0.2, 0) is 0 Å². The SMILES string of the molecule is OCCN(CC1CCCN1)c1ccc2nccnc2n1. The summed E-state index contributed by atoms with van der Waals surface area (Å²) in [6.07, 6.45) is 5.70. The van der Waals surface area contributed by atoms with E-state index >= 15 is 0 Å². The van der Waals surface area contributed by atoms with Gasteiger partial charge in [-0.3, -0.25) is 4.98 Å². The van der Waals surface area contributed by atoms with Crippen LogP contribution in [0.25, 0.3) is 11.2 Å². The van der Waals surface area contributed by atoms with Crippen molar-refractivity contribution in [3.8, 4) is 0 Å². The van der Waals surface area contributed by atoms with E-state index in [1.54, 1.807) is 12.4 Å². The van der Waals surface area contributed by atoms with Crippen molar-refractivity contribution >= 4 is 17.0 Å². The molecule has 0 amide bonds. The third-order valence-electron chi connectivity index (χ3n) is 3.61. The maximum absolute atomic E-state index is 9.27. The van der Waals surface area contributed by atoms with Crippen LogP contribution in [0, 0.1) is 0 Å². The zero-order chi connectivity index (χ0) is 13.8. The number of rotatable bonds is 5. The maximum Gasteiger partial charge on any atom is 0.180 e. The lowest BCUT2D eigenvalue weighted by molar-refractivity contribution is 0.300. The summed E-state index contributed by atoms with van der Waals surface area (Å²) in [5.74, 6) is 0.848. The molecule has 2 aromatic heterocycles. The van der Waals surface area contributed by atoms with Gasteiger partial charge in [0.25, 0.3) is 0 Å². The molecule has 3 heterocycles. The van der Waals surface area contributed by atoms with Crippen LogP contribution in [0.2, 0.25) is 0 Å². The molecule has 106 valence electrons. The molecule has 0 radical (unpaired) electrons. The quantitative estimate of drug-likeness (QED) is 0.830. The molecule has 6 nitrogen and oxygen atoms in total. The smallest absolute Gasteiger partial charge is 0.180 e. The van der Waals surface area contributed by atoms with Gasteiger partial charge in [0, 0.05) is 31.5 Å². The van der Waals surface area contributed by atoms with Crippen LogP contribution < -0.4 is 10.2 Å². The van der Waals surface area contributed by atoms with E-state index in [-0.39, 0.29) is 6.61 Å². The average Bonchev–Trinajstić information content (AvgIpc) is 2.99. The molecule has 1 aliphatic rings. The van der Waals surface area contributed by atoms with E-state index in [1.807, 2.05) is 12.1 Å². The van der Waals surface area contributed by atoms with Gasteiger partial charge in [-0.1, -0.05) is 0 Å². The van der Waals surface area contributed by atoms with E-state index in [4.69, 9.17) is 0 Å². The lowest BCUT2D eigenvalue weighted by atomic mass is 10.2. The highest BCUT2D eigenvalue weighted by molar-refractivity contribution is 5.71. The number of aliphatic hydroxyl groups is 1. The van der Waals surface area contributed by atoms with Gasteiger partial charge in [0.2, 0.25) is 0 Å². The Hall–Kier alpha value is -1.79. The summed E-state index contributed by atoms with van der Waals surface area (Å²) in [6.45, 7) is 2.64. The van der Waals surface area contributed by atoms with Gasteiger partial charge in [-0.2, -0.15) is 0 Å². The number of nitrogens with zero attached hydrogens (tertiary/aromatic N) is 4. The lowest BCUT2D eigenvalue weighted by Crippen LogP contribution is -2.39. The first-order valence-corrected chi connectivity index (χ1v) is 7.04. The molecule has 0 aliphatic carbocycles. The van der Waals surface area contributed by atoms with E-state index in [1.165, 1.54) is 12.8 Å². The second-order valence-electron chi connectivity index (χ2n) is 5.03. The number of aromatic nitrogens is 3. The number of aliphatic hydroxyl groups excluding tert-OH is 1. The Morgan fingerprint density at radius 1 is 1.30 bits per heavy atom. The molecular formula is C14H19N5O. The number of hydrogen-bond acceptors (Lipinski definition) is 6. The Morgan fingerprint density at radius 2 is 2.20 bits per heavy atom. The van der Waals surface area contributed by atoms with Gasteiger partial charge in [0.15, 0.2) is 5.65 Å². The maximum atomic E-state index is 9.27. The van der Waals surface area contributed by atoms with Crippen LogP contribution in [0.4, 0.5) is 5.82 Å². The van der Waals surface area contributed by atoms with Crippen molar-refractivity contribution in [3.05, 3.63) is 24.5 Å². The molecule has 0 saturated carbocycles. The zero-order valence-electron chi connectivity index (χ0n) is 11.4. The van der Waals surface area contributed by atoms with E-state index < -0.39 is 0 Å². The largest absolute Gasteiger partial charge is 0.395 e. The fourth-order valence-corrected chi connectivity index (χ4v) is 2.62. The van der Waals surface area contributed by atoms with Crippen molar-refractivity contribution < 1.29 is 5.11 Å². The number of nitrogens with one attached hydrogen (secondary N) is 1. The Kier molecular flexibility index (Phi) is 4.03. The van der Waals surface area contributed by atoms with Crippen LogP contribution in [0.5, 0.6) is 0 Å². The molecule has 0 bridgehead atoms. The second-order valence-corrected chi connectivity index (χ2v) is 5.03. The highest BCUT2D eigenvalue weighted by Crippen LogP contribution is 2.17. The Morgan fingerprint density at radius 3 is 3.00 bits per heavy atom. The predicted molar refractivity (Wildman–Crippen MR) is 77.7 cm³/mol. The fraction of sp³-hybridized carbons (Fsp3) is 0.500. The molecule has 20 heavy (non-hydrogen) atoms. The van der Waals surface area contributed by atoms with Gasteiger partial charge in [0.05, 0.1) is 6.61 Å². The van der Waals surface area contributed by atoms with Gasteiger partial charge < -0.3 is 15.3 Å². The minimum absolute atomic E-state index is 0.118. The summed E-state index contributed by atoms with van der Waals surface area (Å²) in [4.78, 5) is 15.1. The number of hydrogen-bond donors (Lipinski definition) is 2. The second kappa shape index (κ2) is 6.11. The first kappa shape index (κ1) is 13.2. The van der Waals surface area contributed by atoms with E-state index in [9.17, 15) is 5.11 Å². The molecule has 1 aliphatic heterocycles. The molecule has 1 fully saturated rings. The molecule has 1 atom stereocenters. The van der Waals surface area contributed by atoms with Crippen molar-refractivity contribution in [1.29, 1.82) is 0 Å². The van der Waals surface area contributed by atoms with Crippen LogP contribution in [-0.4, -0.2) is 52.3 Å². The summed E-state index contributed by atoms with van der Waals surface area (Å²) in [5.41, 5.74) is 1.44. The monoisotopic (exact) mass is 273 g/mol. The summed E-state index contributed by atoms with van der Waals surface area (Å²) >= 11 is 0. The van der Waals surface area contributed by atoms with E-state index in [0.29, 0.717) is 18.2 Å². The normalized spacial score (nSPS) is 18.6. The van der Waals surface area contributed by atoms with Crippen LogP contribution in [0.15, 0.2) is 24.5 Å². The molecule has 1 unspecified atom stereocenters. The minimum Gasteiger partial charge on any atom is -0.395 e. The molecule has 0 spiro atoms. The number of fused-ring (bicyclic) bond motifs is 1. The van der Waals surface area contributed by atoms with Crippen LogP contribution in [0.3, 0.4) is 0 Å². The van der Waals surface area contributed by atoms with Gasteiger partial charge in [0.1, 0.15) is 11.3 Å². The minimum atomic E-state index is 0.118. The zero-order valence-corrected chi connectivity index (χ0v) is 11.4. The molecular weight excluding hydrogens is 254 g/mol. The molecule has 6 heteroatoms. The Balaban J connectivity index is 1.83. The van der Waals surface area contributed by atoms with Gasteiger partial charge in [-0.05, 0) is 31.5 Å². The summed E-state index contributed by atoms with van der Waals surface area (Å²) < 4.78 is 0.